The highest BCUT2D eigenvalue weighted by Crippen LogP contribution is 2.26. The second kappa shape index (κ2) is 11.1. The standard InChI is InChI=1S/C20H30N4O3/c1-5-6-11-22-19-18(14-23-20(21-2)24-19)27-12-7-8-15-9-10-16(25-3)13-17(15)26-4/h9-10,13-14H,5-8,11-12H2,1-4H3,(H2,21,22,23,24). The molecule has 1 aromatic carbocycles. The first-order valence-electron chi connectivity index (χ1n) is 9.34. The molecular weight excluding hydrogens is 344 g/mol. The number of ether oxygens (including phenoxy) is 3. The van der Waals surface area contributed by atoms with Crippen molar-refractivity contribution in [2.45, 2.75) is 32.6 Å². The van der Waals surface area contributed by atoms with Gasteiger partial charge in [-0.3, -0.25) is 0 Å². The van der Waals surface area contributed by atoms with E-state index in [0.29, 0.717) is 18.3 Å². The molecule has 7 nitrogen and oxygen atoms in total. The monoisotopic (exact) mass is 374 g/mol. The Morgan fingerprint density at radius 2 is 1.93 bits per heavy atom. The summed E-state index contributed by atoms with van der Waals surface area (Å²) in [5.41, 5.74) is 1.13. The average molecular weight is 374 g/mol. The zero-order valence-corrected chi connectivity index (χ0v) is 16.7. The molecule has 0 saturated heterocycles. The molecule has 0 atom stereocenters. The van der Waals surface area contributed by atoms with Crippen LogP contribution in [0, 0.1) is 0 Å². The lowest BCUT2D eigenvalue weighted by atomic mass is 10.1. The molecule has 27 heavy (non-hydrogen) atoms. The van der Waals surface area contributed by atoms with Crippen molar-refractivity contribution in [1.29, 1.82) is 0 Å². The van der Waals surface area contributed by atoms with Crippen LogP contribution in [0.1, 0.15) is 31.7 Å². The van der Waals surface area contributed by atoms with E-state index in [0.717, 1.165) is 55.1 Å². The van der Waals surface area contributed by atoms with Crippen molar-refractivity contribution in [3.63, 3.8) is 0 Å². The fourth-order valence-electron chi connectivity index (χ4n) is 2.61. The highest BCUT2D eigenvalue weighted by molar-refractivity contribution is 5.51. The number of benzene rings is 1. The zero-order valence-electron chi connectivity index (χ0n) is 16.7. The minimum atomic E-state index is 0.569. The Morgan fingerprint density at radius 1 is 1.07 bits per heavy atom. The Labute approximate surface area is 161 Å². The minimum absolute atomic E-state index is 0.569. The van der Waals surface area contributed by atoms with Crippen LogP contribution in [0.25, 0.3) is 0 Å². The molecule has 0 bridgehead atoms. The second-order valence-electron chi connectivity index (χ2n) is 6.07. The fourth-order valence-corrected chi connectivity index (χ4v) is 2.61. The topological polar surface area (TPSA) is 77.5 Å². The van der Waals surface area contributed by atoms with E-state index in [-0.39, 0.29) is 0 Å². The first kappa shape index (κ1) is 20.6. The van der Waals surface area contributed by atoms with Gasteiger partial charge in [0.2, 0.25) is 5.95 Å². The van der Waals surface area contributed by atoms with Crippen molar-refractivity contribution >= 4 is 11.8 Å². The maximum Gasteiger partial charge on any atom is 0.224 e. The van der Waals surface area contributed by atoms with E-state index in [2.05, 4.69) is 27.5 Å². The van der Waals surface area contributed by atoms with Gasteiger partial charge in [-0.15, -0.1) is 0 Å². The number of nitrogens with zero attached hydrogens (tertiary/aromatic N) is 2. The number of hydrogen-bond donors (Lipinski definition) is 2. The molecule has 0 aliphatic rings. The Bertz CT molecular complexity index is 710. The van der Waals surface area contributed by atoms with Crippen LogP contribution in [0.2, 0.25) is 0 Å². The Kier molecular flexibility index (Phi) is 8.48. The van der Waals surface area contributed by atoms with Crippen LogP contribution in [0.3, 0.4) is 0 Å². The van der Waals surface area contributed by atoms with E-state index in [1.54, 1.807) is 27.5 Å². The molecule has 0 aliphatic carbocycles. The van der Waals surface area contributed by atoms with Gasteiger partial charge in [0.15, 0.2) is 11.6 Å². The van der Waals surface area contributed by atoms with Gasteiger partial charge in [0, 0.05) is 19.7 Å². The van der Waals surface area contributed by atoms with Crippen molar-refractivity contribution in [1.82, 2.24) is 9.97 Å². The maximum absolute atomic E-state index is 5.93. The number of hydrogen-bond acceptors (Lipinski definition) is 7. The Balaban J connectivity index is 1.92. The van der Waals surface area contributed by atoms with Crippen molar-refractivity contribution in [2.24, 2.45) is 0 Å². The number of rotatable bonds is 12. The van der Waals surface area contributed by atoms with Gasteiger partial charge in [0.05, 0.1) is 27.0 Å². The second-order valence-corrected chi connectivity index (χ2v) is 6.07. The highest BCUT2D eigenvalue weighted by Gasteiger charge is 2.09. The average Bonchev–Trinajstić information content (AvgIpc) is 2.72. The van der Waals surface area contributed by atoms with E-state index in [4.69, 9.17) is 14.2 Å². The molecule has 2 rings (SSSR count). The summed E-state index contributed by atoms with van der Waals surface area (Å²) in [5.74, 6) is 3.59. The summed E-state index contributed by atoms with van der Waals surface area (Å²) in [7, 11) is 5.12. The van der Waals surface area contributed by atoms with Crippen molar-refractivity contribution in [3.05, 3.63) is 30.0 Å². The zero-order chi connectivity index (χ0) is 19.5. The van der Waals surface area contributed by atoms with Gasteiger partial charge >= 0.3 is 0 Å². The molecule has 1 heterocycles. The van der Waals surface area contributed by atoms with E-state index < -0.39 is 0 Å². The third kappa shape index (κ3) is 6.20. The molecule has 0 spiro atoms. The number of anilines is 2. The lowest BCUT2D eigenvalue weighted by molar-refractivity contribution is 0.309. The van der Waals surface area contributed by atoms with Gasteiger partial charge in [-0.05, 0) is 30.9 Å². The Morgan fingerprint density at radius 3 is 2.63 bits per heavy atom. The first-order chi connectivity index (χ1) is 13.2. The molecule has 0 fully saturated rings. The third-order valence-corrected chi connectivity index (χ3v) is 4.14. The molecule has 0 amide bonds. The quantitative estimate of drug-likeness (QED) is 0.548. The summed E-state index contributed by atoms with van der Waals surface area (Å²) in [5, 5.41) is 6.28. The highest BCUT2D eigenvalue weighted by atomic mass is 16.5. The predicted molar refractivity (Wildman–Crippen MR) is 108 cm³/mol. The molecular formula is C20H30N4O3. The first-order valence-corrected chi connectivity index (χ1v) is 9.34. The predicted octanol–water partition coefficient (Wildman–Crippen LogP) is 3.76. The summed E-state index contributed by atoms with van der Waals surface area (Å²) >= 11 is 0. The number of aryl methyl sites for hydroxylation is 1. The lowest BCUT2D eigenvalue weighted by Gasteiger charge is -2.14. The smallest absolute Gasteiger partial charge is 0.224 e. The van der Waals surface area contributed by atoms with Crippen LogP contribution < -0.4 is 24.8 Å². The molecule has 148 valence electrons. The third-order valence-electron chi connectivity index (χ3n) is 4.14. The van der Waals surface area contributed by atoms with E-state index in [9.17, 15) is 0 Å². The fraction of sp³-hybridized carbons (Fsp3) is 0.500. The van der Waals surface area contributed by atoms with Crippen molar-refractivity contribution in [3.8, 4) is 17.2 Å². The number of methoxy groups -OCH3 is 2. The lowest BCUT2D eigenvalue weighted by Crippen LogP contribution is -2.09. The van der Waals surface area contributed by atoms with Crippen LogP contribution in [0.15, 0.2) is 24.4 Å². The van der Waals surface area contributed by atoms with Crippen LogP contribution in [0.4, 0.5) is 11.8 Å². The van der Waals surface area contributed by atoms with Gasteiger partial charge in [-0.25, -0.2) is 4.98 Å². The molecule has 0 saturated carbocycles. The molecule has 0 aliphatic heterocycles. The van der Waals surface area contributed by atoms with Crippen LogP contribution in [-0.4, -0.2) is 44.4 Å². The Hall–Kier alpha value is -2.70. The molecule has 7 heteroatoms. The van der Waals surface area contributed by atoms with Crippen molar-refractivity contribution in [2.75, 3.05) is 45.1 Å². The molecule has 0 radical (unpaired) electrons. The summed E-state index contributed by atoms with van der Waals surface area (Å²) in [6.07, 6.45) is 5.61. The maximum atomic E-state index is 5.93. The summed E-state index contributed by atoms with van der Waals surface area (Å²) in [4.78, 5) is 8.70. The van der Waals surface area contributed by atoms with Gasteiger partial charge < -0.3 is 24.8 Å². The number of nitrogens with one attached hydrogen (secondary N) is 2. The van der Waals surface area contributed by atoms with E-state index >= 15 is 0 Å². The van der Waals surface area contributed by atoms with Gasteiger partial charge in [-0.1, -0.05) is 19.4 Å². The van der Waals surface area contributed by atoms with E-state index in [1.165, 1.54) is 0 Å². The van der Waals surface area contributed by atoms with Crippen LogP contribution in [0.5, 0.6) is 17.2 Å². The summed E-state index contributed by atoms with van der Waals surface area (Å²) < 4.78 is 16.6. The normalized spacial score (nSPS) is 10.4. The SMILES string of the molecule is CCCCNc1nc(NC)ncc1OCCCc1ccc(OC)cc1OC. The summed E-state index contributed by atoms with van der Waals surface area (Å²) in [6.45, 7) is 3.58. The van der Waals surface area contributed by atoms with Crippen molar-refractivity contribution < 1.29 is 14.2 Å². The minimum Gasteiger partial charge on any atom is -0.497 e. The molecule has 0 unspecified atom stereocenters. The van der Waals surface area contributed by atoms with Crippen LogP contribution >= 0.6 is 0 Å². The molecule has 2 N–H and O–H groups in total. The van der Waals surface area contributed by atoms with Gasteiger partial charge in [0.1, 0.15) is 11.5 Å². The number of aromatic nitrogens is 2. The number of unbranched alkanes of at least 4 members (excludes halogenated alkanes) is 1. The molecule has 1 aromatic heterocycles. The summed E-state index contributed by atoms with van der Waals surface area (Å²) in [6, 6.07) is 5.87. The molecule has 2 aromatic rings. The largest absolute Gasteiger partial charge is 0.497 e. The van der Waals surface area contributed by atoms with Crippen LogP contribution in [-0.2, 0) is 6.42 Å². The van der Waals surface area contributed by atoms with Gasteiger partial charge in [-0.2, -0.15) is 4.98 Å². The van der Waals surface area contributed by atoms with E-state index in [1.807, 2.05) is 18.2 Å². The van der Waals surface area contributed by atoms with Gasteiger partial charge in [0.25, 0.3) is 0 Å².